The molecule has 2 aromatic rings. The van der Waals surface area contributed by atoms with Gasteiger partial charge in [-0.1, -0.05) is 35.3 Å². The maximum atomic E-state index is 14.4. The number of nitrogens with one attached hydrogen (secondary N) is 1. The smallest absolute Gasteiger partial charge is 0.284 e. The van der Waals surface area contributed by atoms with Crippen LogP contribution in [0.2, 0.25) is 10.0 Å². The van der Waals surface area contributed by atoms with Crippen molar-refractivity contribution in [2.24, 2.45) is 0 Å². The van der Waals surface area contributed by atoms with E-state index in [1.807, 2.05) is 23.1 Å². The van der Waals surface area contributed by atoms with Crippen LogP contribution in [-0.4, -0.2) is 91.0 Å². The van der Waals surface area contributed by atoms with Crippen LogP contribution >= 0.6 is 23.2 Å². The second-order valence-electron chi connectivity index (χ2n) is 12.0. The van der Waals surface area contributed by atoms with Crippen molar-refractivity contribution >= 4 is 35.0 Å². The van der Waals surface area contributed by atoms with Gasteiger partial charge in [0, 0.05) is 70.5 Å². The normalized spacial score (nSPS) is 18.7. The molecule has 2 aliphatic heterocycles. The number of likely N-dealkylation sites (tertiary alicyclic amines) is 1. The Kier molecular flexibility index (Phi) is 11.3. The van der Waals surface area contributed by atoms with Gasteiger partial charge < -0.3 is 19.6 Å². The topological polar surface area (TPSA) is 52.7 Å². The minimum atomic E-state index is -0.455. The predicted octanol–water partition coefficient (Wildman–Crippen LogP) is 6.37. The van der Waals surface area contributed by atoms with Crippen LogP contribution in [0.3, 0.4) is 0 Å². The second-order valence-corrected chi connectivity index (χ2v) is 12.8. The molecule has 42 heavy (non-hydrogen) atoms. The fourth-order valence-electron chi connectivity index (χ4n) is 7.31. The van der Waals surface area contributed by atoms with Crippen LogP contribution in [0.1, 0.15) is 74.2 Å². The first-order chi connectivity index (χ1) is 20.2. The second kappa shape index (κ2) is 14.5. The van der Waals surface area contributed by atoms with Crippen molar-refractivity contribution in [3.63, 3.8) is 0 Å². The van der Waals surface area contributed by atoms with Gasteiger partial charge in [0.25, 0.3) is 11.8 Å². The Bertz CT molecular complexity index is 1230. The number of hydrogen-bond donors (Lipinski definition) is 1. The summed E-state index contributed by atoms with van der Waals surface area (Å²) in [5.41, 5.74) is 0.875. The molecule has 0 bridgehead atoms. The van der Waals surface area contributed by atoms with E-state index in [0.717, 1.165) is 74.9 Å². The molecular weight excluding hydrogens is 574 g/mol. The monoisotopic (exact) mass is 619 g/mol. The fraction of sp³-hybridized carbons (Fsp3) is 0.576. The average Bonchev–Trinajstić information content (AvgIpc) is 3.01. The van der Waals surface area contributed by atoms with Crippen LogP contribution in [0.25, 0.3) is 0 Å². The molecule has 9 heteroatoms. The summed E-state index contributed by atoms with van der Waals surface area (Å²) in [5.74, 6) is -0.410. The zero-order chi connectivity index (χ0) is 30.3. The number of quaternary nitrogens is 1. The Morgan fingerprint density at radius 1 is 1.00 bits per heavy atom. The third-order valence-corrected chi connectivity index (χ3v) is 10.4. The molecule has 0 aliphatic carbocycles. The zero-order valence-electron chi connectivity index (χ0n) is 25.3. The van der Waals surface area contributed by atoms with Gasteiger partial charge in [-0.3, -0.25) is 9.59 Å². The summed E-state index contributed by atoms with van der Waals surface area (Å²) >= 11 is 12.8. The lowest BCUT2D eigenvalue weighted by atomic mass is 9.79. The van der Waals surface area contributed by atoms with Gasteiger partial charge >= 0.3 is 0 Å². The lowest BCUT2D eigenvalue weighted by molar-refractivity contribution is -0.972. The van der Waals surface area contributed by atoms with Crippen LogP contribution < -0.4 is 5.32 Å². The summed E-state index contributed by atoms with van der Waals surface area (Å²) in [6.45, 7) is 10.5. The summed E-state index contributed by atoms with van der Waals surface area (Å²) in [6.07, 6.45) is 5.84. The van der Waals surface area contributed by atoms with Crippen LogP contribution in [0.5, 0.6) is 0 Å². The van der Waals surface area contributed by atoms with Gasteiger partial charge in [0.05, 0.1) is 29.7 Å². The molecular formula is C33H46Cl2FN4O2+. The average molecular weight is 621 g/mol. The minimum Gasteiger partial charge on any atom is -0.341 e. The lowest BCUT2D eigenvalue weighted by Gasteiger charge is -2.57. The Balaban J connectivity index is 1.67. The number of likely N-dealkylation sites (N-methyl/N-ethyl adjacent to an activating group) is 2. The van der Waals surface area contributed by atoms with E-state index >= 15 is 0 Å². The first-order valence-corrected chi connectivity index (χ1v) is 16.2. The van der Waals surface area contributed by atoms with E-state index in [-0.39, 0.29) is 11.8 Å². The van der Waals surface area contributed by atoms with Gasteiger partial charge in [0.2, 0.25) is 0 Å². The van der Waals surface area contributed by atoms with Gasteiger partial charge in [-0.05, 0) is 69.0 Å². The molecule has 2 aromatic carbocycles. The molecule has 0 radical (unpaired) electrons. The number of nitrogens with zero attached hydrogens (tertiary/aromatic N) is 3. The predicted molar refractivity (Wildman–Crippen MR) is 169 cm³/mol. The molecule has 2 amide bonds. The summed E-state index contributed by atoms with van der Waals surface area (Å²) in [6, 6.07) is 11.5. The van der Waals surface area contributed by atoms with Gasteiger partial charge in [0.15, 0.2) is 5.54 Å². The molecule has 6 nitrogen and oxygen atoms in total. The molecule has 0 aromatic heterocycles. The summed E-state index contributed by atoms with van der Waals surface area (Å²) in [4.78, 5) is 31.4. The quantitative estimate of drug-likeness (QED) is 0.297. The molecule has 0 saturated carbocycles. The SMILES string of the molecule is CCN(CC)C(=O)C1([N+]2(CCC(CN(C)C(=O)c3cccc(F)c3)c3ccc(Cl)c(Cl)c3)CCCCC2)CCNCC1. The van der Waals surface area contributed by atoms with Crippen LogP contribution in [0, 0.1) is 5.82 Å². The Morgan fingerprint density at radius 3 is 2.31 bits per heavy atom. The van der Waals surface area contributed by atoms with E-state index in [1.54, 1.807) is 24.1 Å². The highest BCUT2D eigenvalue weighted by Gasteiger charge is 2.57. The van der Waals surface area contributed by atoms with Crippen molar-refractivity contribution < 1.29 is 18.5 Å². The number of benzene rings is 2. The molecule has 230 valence electrons. The van der Waals surface area contributed by atoms with Crippen LogP contribution in [0.4, 0.5) is 4.39 Å². The highest BCUT2D eigenvalue weighted by Crippen LogP contribution is 2.41. The van der Waals surface area contributed by atoms with Crippen LogP contribution in [-0.2, 0) is 4.79 Å². The molecule has 2 aliphatic rings. The third kappa shape index (κ3) is 6.96. The van der Waals surface area contributed by atoms with Crippen molar-refractivity contribution in [1.29, 1.82) is 0 Å². The standard InChI is InChI=1S/C33H46Cl2FN4O2/c1-4-39(5-2)32(42)33(15-17-37-18-16-33)40(19-7-6-8-20-40)21-14-27(25-12-13-29(34)30(35)23-25)24-38(3)31(41)26-10-9-11-28(36)22-26/h9-13,22-23,27,37H,4-8,14-21,24H2,1-3H3/q+1. The minimum absolute atomic E-state index is 0.0403. The highest BCUT2D eigenvalue weighted by atomic mass is 35.5. The molecule has 4 rings (SSSR count). The summed E-state index contributed by atoms with van der Waals surface area (Å²) in [7, 11) is 1.77. The maximum absolute atomic E-state index is 14.4. The van der Waals surface area contributed by atoms with Gasteiger partial charge in [-0.25, -0.2) is 4.39 Å². The number of hydrogen-bond acceptors (Lipinski definition) is 3. The summed E-state index contributed by atoms with van der Waals surface area (Å²) < 4.78 is 14.7. The van der Waals surface area contributed by atoms with Crippen molar-refractivity contribution in [2.75, 3.05) is 59.4 Å². The maximum Gasteiger partial charge on any atom is 0.284 e. The van der Waals surface area contributed by atoms with Crippen molar-refractivity contribution in [3.05, 3.63) is 69.5 Å². The molecule has 1 N–H and O–H groups in total. The lowest BCUT2D eigenvalue weighted by Crippen LogP contribution is -2.74. The number of rotatable bonds is 11. The van der Waals surface area contributed by atoms with E-state index in [4.69, 9.17) is 23.2 Å². The van der Waals surface area contributed by atoms with E-state index in [0.29, 0.717) is 41.2 Å². The van der Waals surface area contributed by atoms with Crippen molar-refractivity contribution in [2.45, 2.75) is 63.8 Å². The van der Waals surface area contributed by atoms with Gasteiger partial charge in [-0.15, -0.1) is 0 Å². The molecule has 2 fully saturated rings. The number of halogens is 3. The van der Waals surface area contributed by atoms with E-state index in [1.165, 1.54) is 18.6 Å². The van der Waals surface area contributed by atoms with E-state index < -0.39 is 11.4 Å². The first-order valence-electron chi connectivity index (χ1n) is 15.5. The molecule has 1 atom stereocenters. The third-order valence-electron chi connectivity index (χ3n) is 9.69. The molecule has 1 unspecified atom stereocenters. The Labute approximate surface area is 260 Å². The number of carbonyl (C=O) groups is 2. The number of piperidine rings is 2. The van der Waals surface area contributed by atoms with Crippen LogP contribution in [0.15, 0.2) is 42.5 Å². The van der Waals surface area contributed by atoms with Gasteiger partial charge in [-0.2, -0.15) is 0 Å². The van der Waals surface area contributed by atoms with Gasteiger partial charge in [0.1, 0.15) is 5.82 Å². The first kappa shape index (κ1) is 32.7. The fourth-order valence-corrected chi connectivity index (χ4v) is 7.61. The Hall–Kier alpha value is -2.19. The van der Waals surface area contributed by atoms with E-state index in [9.17, 15) is 14.0 Å². The van der Waals surface area contributed by atoms with E-state index in [2.05, 4.69) is 19.2 Å². The molecule has 2 heterocycles. The van der Waals surface area contributed by atoms with Crippen molar-refractivity contribution in [3.8, 4) is 0 Å². The molecule has 0 spiro atoms. The number of amides is 2. The zero-order valence-corrected chi connectivity index (χ0v) is 26.8. The summed E-state index contributed by atoms with van der Waals surface area (Å²) in [5, 5.41) is 4.47. The highest BCUT2D eigenvalue weighted by molar-refractivity contribution is 6.42. The van der Waals surface area contributed by atoms with Crippen molar-refractivity contribution in [1.82, 2.24) is 15.1 Å². The molecule has 2 saturated heterocycles. The Morgan fingerprint density at radius 2 is 1.69 bits per heavy atom. The number of carbonyl (C=O) groups excluding carboxylic acids is 2. The largest absolute Gasteiger partial charge is 0.341 e.